The number of anilines is 1. The van der Waals surface area contributed by atoms with Crippen LogP contribution in [0.25, 0.3) is 0 Å². The van der Waals surface area contributed by atoms with Crippen LogP contribution in [0.15, 0.2) is 12.1 Å². The lowest BCUT2D eigenvalue weighted by molar-refractivity contribution is 0.195. The summed E-state index contributed by atoms with van der Waals surface area (Å²) in [5.74, 6) is 0.942. The topological polar surface area (TPSA) is 42.5 Å². The maximum atomic E-state index is 5.42. The Bertz CT molecular complexity index is 434. The lowest BCUT2D eigenvalue weighted by Crippen LogP contribution is -2.27. The molecule has 2 aliphatic heterocycles. The summed E-state index contributed by atoms with van der Waals surface area (Å²) in [6.07, 6.45) is 2.15. The first kappa shape index (κ1) is 14.4. The summed E-state index contributed by atoms with van der Waals surface area (Å²) in [7, 11) is 1.73. The molecule has 3 rings (SSSR count). The molecule has 2 heterocycles. The Kier molecular flexibility index (Phi) is 4.91. The monoisotopic (exact) mass is 284 g/mol. The number of halogens is 1. The zero-order chi connectivity index (χ0) is 12.4. The molecule has 0 amide bonds. The number of hydrogen-bond donors (Lipinski definition) is 2. The van der Waals surface area contributed by atoms with Crippen LogP contribution in [0.3, 0.4) is 0 Å². The molecule has 2 N–H and O–H groups in total. The average Bonchev–Trinajstić information content (AvgIpc) is 2.91. The number of fused-ring (bicyclic) bond motifs is 1. The second kappa shape index (κ2) is 6.46. The van der Waals surface area contributed by atoms with E-state index in [0.29, 0.717) is 6.04 Å². The van der Waals surface area contributed by atoms with E-state index >= 15 is 0 Å². The number of benzene rings is 1. The quantitative estimate of drug-likeness (QED) is 0.891. The van der Waals surface area contributed by atoms with Crippen molar-refractivity contribution in [1.29, 1.82) is 0 Å². The van der Waals surface area contributed by atoms with E-state index < -0.39 is 0 Å². The van der Waals surface area contributed by atoms with Gasteiger partial charge < -0.3 is 20.1 Å². The smallest absolute Gasteiger partial charge is 0.121 e. The Morgan fingerprint density at radius 1 is 1.42 bits per heavy atom. The molecule has 1 fully saturated rings. The van der Waals surface area contributed by atoms with E-state index in [1.54, 1.807) is 7.11 Å². The standard InChI is InChI=1S/C14H20N2O2.ClH/c1-17-12-6-10-2-4-15-8-13(10)14(7-12)16-11-3-5-18-9-11;/h6-7,11,15-16H,2-5,8-9H2,1H3;1H/t11-;/m0./s1. The Balaban J connectivity index is 0.00000133. The van der Waals surface area contributed by atoms with Crippen molar-refractivity contribution in [2.45, 2.75) is 25.4 Å². The van der Waals surface area contributed by atoms with Gasteiger partial charge in [0.25, 0.3) is 0 Å². The van der Waals surface area contributed by atoms with Crippen molar-refractivity contribution in [2.75, 3.05) is 32.2 Å². The summed E-state index contributed by atoms with van der Waals surface area (Å²) in [4.78, 5) is 0. The van der Waals surface area contributed by atoms with Gasteiger partial charge in [-0.2, -0.15) is 0 Å². The first-order valence-corrected chi connectivity index (χ1v) is 6.61. The van der Waals surface area contributed by atoms with Gasteiger partial charge in [-0.3, -0.25) is 0 Å². The van der Waals surface area contributed by atoms with Gasteiger partial charge in [0.05, 0.1) is 19.8 Å². The molecule has 1 aromatic rings. The summed E-state index contributed by atoms with van der Waals surface area (Å²) in [5, 5.41) is 7.03. The zero-order valence-electron chi connectivity index (χ0n) is 11.2. The molecule has 19 heavy (non-hydrogen) atoms. The minimum atomic E-state index is 0. The first-order chi connectivity index (χ1) is 8.86. The van der Waals surface area contributed by atoms with Crippen molar-refractivity contribution in [3.63, 3.8) is 0 Å². The van der Waals surface area contributed by atoms with Crippen molar-refractivity contribution < 1.29 is 9.47 Å². The van der Waals surface area contributed by atoms with Crippen LogP contribution in [-0.2, 0) is 17.7 Å². The number of methoxy groups -OCH3 is 1. The molecule has 0 spiro atoms. The fourth-order valence-corrected chi connectivity index (χ4v) is 2.69. The summed E-state index contributed by atoms with van der Waals surface area (Å²) in [6.45, 7) is 3.66. The van der Waals surface area contributed by atoms with Gasteiger partial charge in [0, 0.05) is 24.9 Å². The van der Waals surface area contributed by atoms with Crippen molar-refractivity contribution in [3.8, 4) is 5.75 Å². The molecule has 0 saturated carbocycles. The minimum absolute atomic E-state index is 0. The van der Waals surface area contributed by atoms with E-state index in [4.69, 9.17) is 9.47 Å². The highest BCUT2D eigenvalue weighted by molar-refractivity contribution is 5.85. The van der Waals surface area contributed by atoms with Crippen LogP contribution in [0.2, 0.25) is 0 Å². The lowest BCUT2D eigenvalue weighted by atomic mass is 9.98. The molecule has 0 aliphatic carbocycles. The molecule has 1 saturated heterocycles. The Hall–Kier alpha value is -0.970. The normalized spacial score (nSPS) is 21.4. The van der Waals surface area contributed by atoms with Gasteiger partial charge in [-0.05, 0) is 36.6 Å². The zero-order valence-corrected chi connectivity index (χ0v) is 12.0. The predicted octanol–water partition coefficient (Wildman–Crippen LogP) is 1.96. The molecule has 1 atom stereocenters. The van der Waals surface area contributed by atoms with Crippen molar-refractivity contribution in [1.82, 2.24) is 5.32 Å². The largest absolute Gasteiger partial charge is 0.497 e. The lowest BCUT2D eigenvalue weighted by Gasteiger charge is -2.24. The Morgan fingerprint density at radius 2 is 2.32 bits per heavy atom. The third kappa shape index (κ3) is 3.14. The van der Waals surface area contributed by atoms with Gasteiger partial charge >= 0.3 is 0 Å². The molecule has 1 aromatic carbocycles. The fraction of sp³-hybridized carbons (Fsp3) is 0.571. The fourth-order valence-electron chi connectivity index (χ4n) is 2.69. The first-order valence-electron chi connectivity index (χ1n) is 6.61. The van der Waals surface area contributed by atoms with Gasteiger partial charge in [-0.1, -0.05) is 0 Å². The minimum Gasteiger partial charge on any atom is -0.497 e. The van der Waals surface area contributed by atoms with Gasteiger partial charge in [-0.25, -0.2) is 0 Å². The van der Waals surface area contributed by atoms with Crippen LogP contribution in [0.4, 0.5) is 5.69 Å². The van der Waals surface area contributed by atoms with Crippen LogP contribution < -0.4 is 15.4 Å². The van der Waals surface area contributed by atoms with Crippen LogP contribution in [0, 0.1) is 0 Å². The summed E-state index contributed by atoms with van der Waals surface area (Å²) in [5.41, 5.74) is 3.98. The van der Waals surface area contributed by atoms with Crippen molar-refractivity contribution >= 4 is 18.1 Å². The Morgan fingerprint density at radius 3 is 3.05 bits per heavy atom. The molecule has 106 valence electrons. The average molecular weight is 285 g/mol. The molecule has 0 bridgehead atoms. The molecule has 0 unspecified atom stereocenters. The second-order valence-corrected chi connectivity index (χ2v) is 4.94. The van der Waals surface area contributed by atoms with E-state index in [9.17, 15) is 0 Å². The maximum absolute atomic E-state index is 5.42. The third-order valence-electron chi connectivity index (χ3n) is 3.71. The van der Waals surface area contributed by atoms with Crippen LogP contribution >= 0.6 is 12.4 Å². The highest BCUT2D eigenvalue weighted by Crippen LogP contribution is 2.30. The van der Waals surface area contributed by atoms with Crippen molar-refractivity contribution in [2.24, 2.45) is 0 Å². The highest BCUT2D eigenvalue weighted by atomic mass is 35.5. The van der Waals surface area contributed by atoms with E-state index in [0.717, 1.165) is 44.9 Å². The molecular formula is C14H21ClN2O2. The molecule has 5 heteroatoms. The SMILES string of the molecule is COc1cc2c(c(N[C@H]3CCOC3)c1)CNCC2.Cl. The molecule has 0 radical (unpaired) electrons. The number of ether oxygens (including phenoxy) is 2. The maximum Gasteiger partial charge on any atom is 0.121 e. The van der Waals surface area contributed by atoms with E-state index in [1.807, 2.05) is 0 Å². The molecule has 2 aliphatic rings. The predicted molar refractivity (Wildman–Crippen MR) is 78.5 cm³/mol. The van der Waals surface area contributed by atoms with Crippen molar-refractivity contribution in [3.05, 3.63) is 23.3 Å². The van der Waals surface area contributed by atoms with E-state index in [2.05, 4.69) is 22.8 Å². The van der Waals surface area contributed by atoms with E-state index in [1.165, 1.54) is 16.8 Å². The van der Waals surface area contributed by atoms with Crippen LogP contribution in [-0.4, -0.2) is 32.9 Å². The number of rotatable bonds is 3. The number of hydrogen-bond acceptors (Lipinski definition) is 4. The van der Waals surface area contributed by atoms with Gasteiger partial charge in [0.2, 0.25) is 0 Å². The van der Waals surface area contributed by atoms with E-state index in [-0.39, 0.29) is 12.4 Å². The summed E-state index contributed by atoms with van der Waals surface area (Å²) >= 11 is 0. The highest BCUT2D eigenvalue weighted by Gasteiger charge is 2.20. The third-order valence-corrected chi connectivity index (χ3v) is 3.71. The van der Waals surface area contributed by atoms with Gasteiger partial charge in [0.1, 0.15) is 5.75 Å². The van der Waals surface area contributed by atoms with Crippen LogP contribution in [0.1, 0.15) is 17.5 Å². The molecular weight excluding hydrogens is 264 g/mol. The second-order valence-electron chi connectivity index (χ2n) is 4.94. The Labute approximate surface area is 120 Å². The molecule has 0 aromatic heterocycles. The van der Waals surface area contributed by atoms with Crippen LogP contribution in [0.5, 0.6) is 5.75 Å². The van der Waals surface area contributed by atoms with Gasteiger partial charge in [0.15, 0.2) is 0 Å². The summed E-state index contributed by atoms with van der Waals surface area (Å²) < 4.78 is 10.8. The summed E-state index contributed by atoms with van der Waals surface area (Å²) in [6, 6.07) is 4.69. The number of nitrogens with one attached hydrogen (secondary N) is 2. The molecule has 4 nitrogen and oxygen atoms in total. The van der Waals surface area contributed by atoms with Gasteiger partial charge in [-0.15, -0.1) is 12.4 Å².